The molecule has 0 aliphatic carbocycles. The maximum Gasteiger partial charge on any atom is 0.410 e. The second kappa shape index (κ2) is 12.7. The van der Waals surface area contributed by atoms with Gasteiger partial charge in [-0.1, -0.05) is 26.0 Å². The first kappa shape index (κ1) is 28.9. The van der Waals surface area contributed by atoms with E-state index in [1.807, 2.05) is 54.5 Å². The van der Waals surface area contributed by atoms with Crippen molar-refractivity contribution < 1.29 is 24.2 Å². The molecule has 0 bridgehead atoms. The Labute approximate surface area is 220 Å². The minimum atomic E-state index is -0.625. The van der Waals surface area contributed by atoms with Crippen LogP contribution in [0.2, 0.25) is 0 Å². The van der Waals surface area contributed by atoms with Crippen LogP contribution in [0.5, 0.6) is 0 Å². The van der Waals surface area contributed by atoms with Crippen LogP contribution in [-0.2, 0) is 16.0 Å². The summed E-state index contributed by atoms with van der Waals surface area (Å²) in [6.07, 6.45) is 1.94. The Bertz CT molecular complexity index is 1040. The molecule has 1 saturated heterocycles. The third-order valence-electron chi connectivity index (χ3n) is 6.51. The van der Waals surface area contributed by atoms with Gasteiger partial charge in [0.1, 0.15) is 5.60 Å². The second-order valence-corrected chi connectivity index (χ2v) is 11.5. The van der Waals surface area contributed by atoms with E-state index in [0.717, 1.165) is 23.9 Å². The number of amides is 2. The second-order valence-electron chi connectivity index (χ2n) is 11.5. The summed E-state index contributed by atoms with van der Waals surface area (Å²) in [6.45, 7) is 12.2. The lowest BCUT2D eigenvalue weighted by Gasteiger charge is -2.43. The normalized spacial score (nSPS) is 18.4. The Morgan fingerprint density at radius 1 is 1.19 bits per heavy atom. The average Bonchev–Trinajstić information content (AvgIpc) is 3.22. The van der Waals surface area contributed by atoms with Gasteiger partial charge in [0, 0.05) is 52.4 Å². The van der Waals surface area contributed by atoms with Crippen LogP contribution >= 0.6 is 0 Å². The van der Waals surface area contributed by atoms with Crippen molar-refractivity contribution in [2.24, 2.45) is 11.8 Å². The summed E-state index contributed by atoms with van der Waals surface area (Å²) in [6, 6.07) is 7.55. The van der Waals surface area contributed by atoms with Crippen molar-refractivity contribution in [3.05, 3.63) is 30.1 Å². The zero-order valence-corrected chi connectivity index (χ0v) is 23.3. The summed E-state index contributed by atoms with van der Waals surface area (Å²) in [7, 11) is 1.69. The van der Waals surface area contributed by atoms with Crippen LogP contribution < -0.4 is 0 Å². The third-order valence-corrected chi connectivity index (χ3v) is 6.51. The SMILES string of the molecule is COCCCCn1c(C(=O)N(CC(C)C)C2CC(CO)CN(C(=O)OC(C)(C)C)C2)nc2ccccc21. The van der Waals surface area contributed by atoms with E-state index in [1.165, 1.54) is 0 Å². The molecule has 1 aromatic carbocycles. The first-order valence-corrected chi connectivity index (χ1v) is 13.4. The summed E-state index contributed by atoms with van der Waals surface area (Å²) in [5.41, 5.74) is 1.09. The molecule has 2 unspecified atom stereocenters. The van der Waals surface area contributed by atoms with Crippen LogP contribution in [0, 0.1) is 11.8 Å². The van der Waals surface area contributed by atoms with Gasteiger partial charge in [0.15, 0.2) is 5.82 Å². The molecule has 206 valence electrons. The summed E-state index contributed by atoms with van der Waals surface area (Å²) in [4.78, 5) is 35.4. The Hall–Kier alpha value is -2.65. The van der Waals surface area contributed by atoms with Crippen LogP contribution in [0.1, 0.15) is 64.5 Å². The summed E-state index contributed by atoms with van der Waals surface area (Å²) < 4.78 is 12.8. The molecule has 9 heteroatoms. The van der Waals surface area contributed by atoms with Gasteiger partial charge in [0.25, 0.3) is 5.91 Å². The van der Waals surface area contributed by atoms with Gasteiger partial charge < -0.3 is 28.9 Å². The molecule has 1 aliphatic heterocycles. The van der Waals surface area contributed by atoms with Crippen LogP contribution in [0.15, 0.2) is 24.3 Å². The molecule has 3 rings (SSSR count). The number of likely N-dealkylation sites (tertiary alicyclic amines) is 1. The number of aliphatic hydroxyl groups excluding tert-OH is 1. The predicted octanol–water partition coefficient (Wildman–Crippen LogP) is 4.18. The zero-order chi connectivity index (χ0) is 27.2. The lowest BCUT2D eigenvalue weighted by atomic mass is 9.93. The van der Waals surface area contributed by atoms with E-state index < -0.39 is 11.7 Å². The predicted molar refractivity (Wildman–Crippen MR) is 144 cm³/mol. The molecule has 0 spiro atoms. The number of aromatic nitrogens is 2. The lowest BCUT2D eigenvalue weighted by molar-refractivity contribution is -0.00457. The fraction of sp³-hybridized carbons (Fsp3) is 0.679. The zero-order valence-electron chi connectivity index (χ0n) is 23.3. The monoisotopic (exact) mass is 516 g/mol. The Morgan fingerprint density at radius 2 is 1.92 bits per heavy atom. The molecule has 0 saturated carbocycles. The van der Waals surface area contributed by atoms with Crippen molar-refractivity contribution in [3.63, 3.8) is 0 Å². The highest BCUT2D eigenvalue weighted by Crippen LogP contribution is 2.26. The molecule has 1 fully saturated rings. The van der Waals surface area contributed by atoms with Gasteiger partial charge in [-0.15, -0.1) is 0 Å². The van der Waals surface area contributed by atoms with Crippen molar-refractivity contribution in [2.45, 2.75) is 72.1 Å². The van der Waals surface area contributed by atoms with E-state index in [2.05, 4.69) is 13.8 Å². The number of carbonyl (C=O) groups excluding carboxylic acids is 2. The summed E-state index contributed by atoms with van der Waals surface area (Å²) >= 11 is 0. The third kappa shape index (κ3) is 7.68. The standard InChI is InChI=1S/C28H44N4O5/c1-20(2)16-32(22-15-21(19-33)17-30(18-22)27(35)37-28(3,4)5)26(34)25-29-23-11-7-8-12-24(23)31(25)13-9-10-14-36-6/h7-8,11-12,20-22,33H,9-10,13-19H2,1-6H3. The largest absolute Gasteiger partial charge is 0.444 e. The molecule has 2 aromatic rings. The number of piperidine rings is 1. The Balaban J connectivity index is 1.93. The number of nitrogens with zero attached hydrogens (tertiary/aromatic N) is 4. The van der Waals surface area contributed by atoms with Gasteiger partial charge in [-0.3, -0.25) is 4.79 Å². The Kier molecular flexibility index (Phi) is 9.95. The maximum atomic E-state index is 14.2. The number of hydrogen-bond acceptors (Lipinski definition) is 6. The van der Waals surface area contributed by atoms with Gasteiger partial charge in [0.05, 0.1) is 17.1 Å². The summed E-state index contributed by atoms with van der Waals surface area (Å²) in [5.74, 6) is 0.341. The number of rotatable bonds is 10. The number of methoxy groups -OCH3 is 1. The van der Waals surface area contributed by atoms with E-state index >= 15 is 0 Å². The molecule has 2 heterocycles. The molecule has 1 aromatic heterocycles. The molecule has 1 aliphatic rings. The number of benzene rings is 1. The van der Waals surface area contributed by atoms with Crippen molar-refractivity contribution in [1.29, 1.82) is 0 Å². The fourth-order valence-electron chi connectivity index (χ4n) is 4.91. The van der Waals surface area contributed by atoms with Gasteiger partial charge in [-0.05, 0) is 58.1 Å². The Morgan fingerprint density at radius 3 is 2.57 bits per heavy atom. The molecule has 9 nitrogen and oxygen atoms in total. The van der Waals surface area contributed by atoms with E-state index in [0.29, 0.717) is 45.0 Å². The number of hydrogen-bond donors (Lipinski definition) is 1. The number of aryl methyl sites for hydroxylation is 1. The van der Waals surface area contributed by atoms with E-state index in [9.17, 15) is 14.7 Å². The lowest BCUT2D eigenvalue weighted by Crippen LogP contribution is -2.56. The van der Waals surface area contributed by atoms with Gasteiger partial charge in [-0.25, -0.2) is 9.78 Å². The van der Waals surface area contributed by atoms with Crippen molar-refractivity contribution >= 4 is 23.0 Å². The van der Waals surface area contributed by atoms with Gasteiger partial charge in [-0.2, -0.15) is 0 Å². The van der Waals surface area contributed by atoms with Crippen LogP contribution in [0.3, 0.4) is 0 Å². The molecule has 2 amide bonds. The van der Waals surface area contributed by atoms with Crippen molar-refractivity contribution in [2.75, 3.05) is 40.0 Å². The molecule has 37 heavy (non-hydrogen) atoms. The number of aliphatic hydroxyl groups is 1. The van der Waals surface area contributed by atoms with E-state index in [1.54, 1.807) is 12.0 Å². The fourth-order valence-corrected chi connectivity index (χ4v) is 4.91. The number of fused-ring (bicyclic) bond motifs is 1. The highest BCUT2D eigenvalue weighted by Gasteiger charge is 2.38. The van der Waals surface area contributed by atoms with Crippen molar-refractivity contribution in [3.8, 4) is 0 Å². The quantitative estimate of drug-likeness (QED) is 0.476. The van der Waals surface area contributed by atoms with Crippen molar-refractivity contribution in [1.82, 2.24) is 19.4 Å². The highest BCUT2D eigenvalue weighted by molar-refractivity contribution is 5.95. The van der Waals surface area contributed by atoms with Crippen LogP contribution in [0.25, 0.3) is 11.0 Å². The molecular formula is C28H44N4O5. The first-order chi connectivity index (χ1) is 17.5. The number of imidazole rings is 1. The topological polar surface area (TPSA) is 97.1 Å². The van der Waals surface area contributed by atoms with Gasteiger partial charge >= 0.3 is 6.09 Å². The first-order valence-electron chi connectivity index (χ1n) is 13.4. The minimum Gasteiger partial charge on any atom is -0.444 e. The highest BCUT2D eigenvalue weighted by atomic mass is 16.6. The average molecular weight is 517 g/mol. The van der Waals surface area contributed by atoms with Gasteiger partial charge in [0.2, 0.25) is 0 Å². The molecular weight excluding hydrogens is 472 g/mol. The van der Waals surface area contributed by atoms with Crippen LogP contribution in [0.4, 0.5) is 4.79 Å². The maximum absolute atomic E-state index is 14.2. The number of unbranched alkanes of at least 4 members (excludes halogenated alkanes) is 1. The summed E-state index contributed by atoms with van der Waals surface area (Å²) in [5, 5.41) is 10.0. The molecule has 1 N–H and O–H groups in total. The van der Waals surface area contributed by atoms with E-state index in [-0.39, 0.29) is 30.4 Å². The number of para-hydroxylation sites is 2. The minimum absolute atomic E-state index is 0.0580. The van der Waals surface area contributed by atoms with E-state index in [4.69, 9.17) is 14.5 Å². The smallest absolute Gasteiger partial charge is 0.410 e. The van der Waals surface area contributed by atoms with Crippen LogP contribution in [-0.4, -0.2) is 88.1 Å². The number of ether oxygens (including phenoxy) is 2. The number of carbonyl (C=O) groups is 2. The molecule has 0 radical (unpaired) electrons. The molecule has 2 atom stereocenters.